The molecule has 6 heteroatoms. The summed E-state index contributed by atoms with van der Waals surface area (Å²) in [5.41, 5.74) is 5.03. The van der Waals surface area contributed by atoms with Crippen LogP contribution in [0.3, 0.4) is 0 Å². The fourth-order valence-electron chi connectivity index (χ4n) is 1.95. The summed E-state index contributed by atoms with van der Waals surface area (Å²) in [6.07, 6.45) is 1.74. The van der Waals surface area contributed by atoms with Crippen LogP contribution in [0.5, 0.6) is 0 Å². The van der Waals surface area contributed by atoms with Crippen molar-refractivity contribution in [2.24, 2.45) is 12.9 Å². The number of hydrogen-bond acceptors (Lipinski definition) is 4. The minimum Gasteiger partial charge on any atom is -0.271 e. The number of aromatic nitrogens is 2. The second kappa shape index (κ2) is 5.84. The zero-order valence-electron chi connectivity index (χ0n) is 10.5. The van der Waals surface area contributed by atoms with Crippen LogP contribution < -0.4 is 11.3 Å². The largest absolute Gasteiger partial charge is 0.271 e. The van der Waals surface area contributed by atoms with E-state index in [9.17, 15) is 0 Å². The quantitative estimate of drug-likeness (QED) is 0.655. The fraction of sp³-hybridized carbons (Fsp3) is 0.417. The van der Waals surface area contributed by atoms with Crippen molar-refractivity contribution in [3.05, 3.63) is 38.8 Å². The number of nitrogens with one attached hydrogen (secondary N) is 1. The summed E-state index contributed by atoms with van der Waals surface area (Å²) in [7, 11) is 1.94. The van der Waals surface area contributed by atoms with Crippen molar-refractivity contribution in [3.63, 3.8) is 0 Å². The standard InChI is InChI=1S/C12H17ClN4S/c1-3-8-6-11(17(2)16-8)10(15-14)7-9-4-5-12(13)18-9/h4-6,10,15H,3,7,14H2,1-2H3. The molecule has 1 atom stereocenters. The van der Waals surface area contributed by atoms with Gasteiger partial charge < -0.3 is 0 Å². The summed E-state index contributed by atoms with van der Waals surface area (Å²) in [6, 6.07) is 6.10. The molecule has 0 aliphatic heterocycles. The number of nitrogens with zero attached hydrogens (tertiary/aromatic N) is 2. The van der Waals surface area contributed by atoms with Crippen molar-refractivity contribution < 1.29 is 0 Å². The van der Waals surface area contributed by atoms with Crippen molar-refractivity contribution in [3.8, 4) is 0 Å². The van der Waals surface area contributed by atoms with E-state index in [1.807, 2.05) is 23.9 Å². The molecule has 98 valence electrons. The third-order valence-corrected chi connectivity index (χ3v) is 4.17. The smallest absolute Gasteiger partial charge is 0.0931 e. The minimum absolute atomic E-state index is 0.0533. The molecule has 2 heterocycles. The molecule has 0 saturated carbocycles. The highest BCUT2D eigenvalue weighted by atomic mass is 35.5. The van der Waals surface area contributed by atoms with Crippen LogP contribution in [-0.2, 0) is 19.9 Å². The molecular formula is C12H17ClN4S. The van der Waals surface area contributed by atoms with E-state index in [1.165, 1.54) is 4.88 Å². The molecular weight excluding hydrogens is 268 g/mol. The monoisotopic (exact) mass is 284 g/mol. The maximum atomic E-state index is 5.94. The SMILES string of the molecule is CCc1cc(C(Cc2ccc(Cl)s2)NN)n(C)n1. The van der Waals surface area contributed by atoms with E-state index in [4.69, 9.17) is 17.4 Å². The van der Waals surface area contributed by atoms with Crippen molar-refractivity contribution in [2.45, 2.75) is 25.8 Å². The predicted molar refractivity (Wildman–Crippen MR) is 75.7 cm³/mol. The van der Waals surface area contributed by atoms with Gasteiger partial charge in [-0.05, 0) is 24.6 Å². The summed E-state index contributed by atoms with van der Waals surface area (Å²) in [6.45, 7) is 2.09. The van der Waals surface area contributed by atoms with E-state index < -0.39 is 0 Å². The van der Waals surface area contributed by atoms with E-state index in [2.05, 4.69) is 23.5 Å². The van der Waals surface area contributed by atoms with Crippen molar-refractivity contribution in [1.82, 2.24) is 15.2 Å². The molecule has 1 unspecified atom stereocenters. The van der Waals surface area contributed by atoms with Gasteiger partial charge in [0, 0.05) is 18.3 Å². The molecule has 0 amide bonds. The minimum atomic E-state index is 0.0533. The van der Waals surface area contributed by atoms with Gasteiger partial charge in [-0.2, -0.15) is 5.10 Å². The van der Waals surface area contributed by atoms with E-state index in [0.29, 0.717) is 0 Å². The van der Waals surface area contributed by atoms with E-state index in [1.54, 1.807) is 11.3 Å². The highest BCUT2D eigenvalue weighted by molar-refractivity contribution is 7.16. The molecule has 2 rings (SSSR count). The molecule has 0 aliphatic rings. The van der Waals surface area contributed by atoms with Gasteiger partial charge in [0.25, 0.3) is 0 Å². The van der Waals surface area contributed by atoms with Gasteiger partial charge in [0.15, 0.2) is 0 Å². The lowest BCUT2D eigenvalue weighted by Gasteiger charge is -2.15. The second-order valence-corrected chi connectivity index (χ2v) is 5.97. The maximum absolute atomic E-state index is 5.94. The summed E-state index contributed by atoms with van der Waals surface area (Å²) in [4.78, 5) is 1.21. The predicted octanol–water partition coefficient (Wildman–Crippen LogP) is 2.44. The molecule has 2 aromatic heterocycles. The third kappa shape index (κ3) is 2.92. The summed E-state index contributed by atoms with van der Waals surface area (Å²) < 4.78 is 2.69. The van der Waals surface area contributed by atoms with Crippen molar-refractivity contribution >= 4 is 22.9 Å². The molecule has 0 fully saturated rings. The Kier molecular flexibility index (Phi) is 4.40. The third-order valence-electron chi connectivity index (χ3n) is 2.92. The summed E-state index contributed by atoms with van der Waals surface area (Å²) in [5.74, 6) is 5.66. The van der Waals surface area contributed by atoms with E-state index >= 15 is 0 Å². The first kappa shape index (κ1) is 13.5. The molecule has 18 heavy (non-hydrogen) atoms. The summed E-state index contributed by atoms with van der Waals surface area (Å²) >= 11 is 7.52. The highest BCUT2D eigenvalue weighted by Crippen LogP contribution is 2.26. The first-order valence-corrected chi connectivity index (χ1v) is 7.06. The first-order chi connectivity index (χ1) is 8.63. The molecule has 3 N–H and O–H groups in total. The van der Waals surface area contributed by atoms with Crippen molar-refractivity contribution in [2.75, 3.05) is 0 Å². The van der Waals surface area contributed by atoms with Gasteiger partial charge in [-0.3, -0.25) is 16.0 Å². The molecule has 4 nitrogen and oxygen atoms in total. The number of hydrogen-bond donors (Lipinski definition) is 2. The van der Waals surface area contributed by atoms with Gasteiger partial charge in [0.1, 0.15) is 0 Å². The molecule has 0 aromatic carbocycles. The Bertz CT molecular complexity index is 520. The van der Waals surface area contributed by atoms with Crippen LogP contribution in [0, 0.1) is 0 Å². The average molecular weight is 285 g/mol. The number of hydrazine groups is 1. The van der Waals surface area contributed by atoms with Crippen LogP contribution in [-0.4, -0.2) is 9.78 Å². The fourth-order valence-corrected chi connectivity index (χ4v) is 3.09. The molecule has 0 spiro atoms. The Hall–Kier alpha value is -0.880. The van der Waals surface area contributed by atoms with Crippen LogP contribution >= 0.6 is 22.9 Å². The number of nitrogens with two attached hydrogens (primary N) is 1. The van der Waals surface area contributed by atoms with Crippen LogP contribution in [0.1, 0.15) is 29.2 Å². The first-order valence-electron chi connectivity index (χ1n) is 5.87. The van der Waals surface area contributed by atoms with Gasteiger partial charge in [-0.1, -0.05) is 18.5 Å². The van der Waals surface area contributed by atoms with Gasteiger partial charge >= 0.3 is 0 Å². The molecule has 0 saturated heterocycles. The molecule has 0 bridgehead atoms. The Labute approximate surface area is 116 Å². The molecule has 2 aromatic rings. The number of aryl methyl sites for hydroxylation is 2. The Balaban J connectivity index is 2.19. The van der Waals surface area contributed by atoms with Gasteiger partial charge in [-0.15, -0.1) is 11.3 Å². The lowest BCUT2D eigenvalue weighted by atomic mass is 10.1. The zero-order valence-corrected chi connectivity index (χ0v) is 12.1. The van der Waals surface area contributed by atoms with Gasteiger partial charge in [0.2, 0.25) is 0 Å². The van der Waals surface area contributed by atoms with Crippen LogP contribution in [0.15, 0.2) is 18.2 Å². The van der Waals surface area contributed by atoms with Crippen molar-refractivity contribution in [1.29, 1.82) is 0 Å². The number of rotatable bonds is 5. The lowest BCUT2D eigenvalue weighted by Crippen LogP contribution is -2.30. The number of thiophene rings is 1. The second-order valence-electron chi connectivity index (χ2n) is 4.17. The number of halogens is 1. The van der Waals surface area contributed by atoms with Gasteiger partial charge in [-0.25, -0.2) is 0 Å². The van der Waals surface area contributed by atoms with Crippen LogP contribution in [0.2, 0.25) is 4.34 Å². The zero-order chi connectivity index (χ0) is 13.1. The average Bonchev–Trinajstić information content (AvgIpc) is 2.92. The Morgan fingerprint density at radius 1 is 1.56 bits per heavy atom. The maximum Gasteiger partial charge on any atom is 0.0931 e. The highest BCUT2D eigenvalue weighted by Gasteiger charge is 2.16. The normalized spacial score (nSPS) is 12.9. The van der Waals surface area contributed by atoms with Crippen LogP contribution in [0.4, 0.5) is 0 Å². The summed E-state index contributed by atoms with van der Waals surface area (Å²) in [5, 5.41) is 4.44. The Morgan fingerprint density at radius 3 is 2.83 bits per heavy atom. The van der Waals surface area contributed by atoms with Crippen LogP contribution in [0.25, 0.3) is 0 Å². The molecule has 0 radical (unpaired) electrons. The Morgan fingerprint density at radius 2 is 2.33 bits per heavy atom. The topological polar surface area (TPSA) is 55.9 Å². The lowest BCUT2D eigenvalue weighted by molar-refractivity contribution is 0.511. The molecule has 0 aliphatic carbocycles. The van der Waals surface area contributed by atoms with E-state index in [0.717, 1.165) is 28.6 Å². The van der Waals surface area contributed by atoms with E-state index in [-0.39, 0.29) is 6.04 Å². The van der Waals surface area contributed by atoms with Gasteiger partial charge in [0.05, 0.1) is 21.8 Å².